The molecule has 1 saturated carbocycles. The van der Waals surface area contributed by atoms with Crippen LogP contribution in [0.4, 0.5) is 13.2 Å². The molecular formula is C12H17F3N2O3. The summed E-state index contributed by atoms with van der Waals surface area (Å²) in [6.07, 6.45) is -0.541. The van der Waals surface area contributed by atoms with Crippen LogP contribution in [-0.4, -0.2) is 42.2 Å². The summed E-state index contributed by atoms with van der Waals surface area (Å²) in [6, 6.07) is 0.175. The zero-order valence-corrected chi connectivity index (χ0v) is 10.9. The first-order valence-corrected chi connectivity index (χ1v) is 6.70. The van der Waals surface area contributed by atoms with E-state index in [1.54, 1.807) is 0 Å². The summed E-state index contributed by atoms with van der Waals surface area (Å²) in [4.78, 5) is 26.8. The van der Waals surface area contributed by atoms with Gasteiger partial charge in [-0.15, -0.1) is 5.06 Å². The van der Waals surface area contributed by atoms with E-state index in [0.717, 1.165) is 30.7 Å². The summed E-state index contributed by atoms with van der Waals surface area (Å²) >= 11 is 0. The molecule has 1 heterocycles. The van der Waals surface area contributed by atoms with Gasteiger partial charge in [0.15, 0.2) is 0 Å². The Morgan fingerprint density at radius 2 is 1.80 bits per heavy atom. The molecule has 1 amide bonds. The second kappa shape index (κ2) is 5.99. The number of amides is 1. The van der Waals surface area contributed by atoms with Gasteiger partial charge in [0.2, 0.25) is 5.91 Å². The van der Waals surface area contributed by atoms with Gasteiger partial charge in [-0.2, -0.15) is 13.2 Å². The topological polar surface area (TPSA) is 58.6 Å². The van der Waals surface area contributed by atoms with Crippen LogP contribution in [0.25, 0.3) is 0 Å². The molecule has 114 valence electrons. The molecule has 1 N–H and O–H groups in total. The van der Waals surface area contributed by atoms with E-state index in [0.29, 0.717) is 6.42 Å². The Morgan fingerprint density at radius 1 is 1.15 bits per heavy atom. The Hall–Kier alpha value is -1.31. The number of carbonyl (C=O) groups is 2. The van der Waals surface area contributed by atoms with Crippen molar-refractivity contribution in [3.63, 3.8) is 0 Å². The number of nitrogens with zero attached hydrogens (tertiary/aromatic N) is 1. The highest BCUT2D eigenvalue weighted by molar-refractivity contribution is 5.79. The van der Waals surface area contributed by atoms with Crippen LogP contribution in [-0.2, 0) is 14.4 Å². The van der Waals surface area contributed by atoms with E-state index in [4.69, 9.17) is 0 Å². The van der Waals surface area contributed by atoms with Crippen molar-refractivity contribution in [2.24, 2.45) is 5.92 Å². The van der Waals surface area contributed by atoms with Crippen LogP contribution in [0.15, 0.2) is 0 Å². The predicted octanol–water partition coefficient (Wildman–Crippen LogP) is 1.39. The van der Waals surface area contributed by atoms with Gasteiger partial charge in [-0.1, -0.05) is 12.8 Å². The number of rotatable bonds is 3. The van der Waals surface area contributed by atoms with E-state index in [9.17, 15) is 22.8 Å². The molecule has 0 aromatic heterocycles. The quantitative estimate of drug-likeness (QED) is 0.854. The maximum atomic E-state index is 12.0. The van der Waals surface area contributed by atoms with E-state index >= 15 is 0 Å². The van der Waals surface area contributed by atoms with E-state index in [1.165, 1.54) is 0 Å². The molecule has 1 aliphatic heterocycles. The molecule has 2 rings (SSSR count). The zero-order valence-electron chi connectivity index (χ0n) is 10.9. The van der Waals surface area contributed by atoms with Crippen molar-refractivity contribution in [1.29, 1.82) is 0 Å². The molecule has 5 nitrogen and oxygen atoms in total. The fourth-order valence-corrected chi connectivity index (χ4v) is 2.58. The van der Waals surface area contributed by atoms with Crippen LogP contribution in [0.3, 0.4) is 0 Å². The second-order valence-electron chi connectivity index (χ2n) is 5.24. The molecule has 8 heteroatoms. The summed E-state index contributed by atoms with van der Waals surface area (Å²) in [5, 5.41) is 3.81. The third-order valence-electron chi connectivity index (χ3n) is 3.67. The maximum absolute atomic E-state index is 12.0. The average molecular weight is 294 g/mol. The molecule has 2 aliphatic rings. The monoisotopic (exact) mass is 294 g/mol. The lowest BCUT2D eigenvalue weighted by molar-refractivity contribution is -0.235. The first-order chi connectivity index (χ1) is 9.36. The zero-order chi connectivity index (χ0) is 14.8. The number of alkyl halides is 3. The van der Waals surface area contributed by atoms with Crippen molar-refractivity contribution in [3.05, 3.63) is 0 Å². The molecule has 0 radical (unpaired) electrons. The molecule has 0 bridgehead atoms. The first kappa shape index (κ1) is 15.1. The van der Waals surface area contributed by atoms with Gasteiger partial charge < -0.3 is 10.2 Å². The molecule has 1 aliphatic carbocycles. The molecular weight excluding hydrogens is 277 g/mol. The van der Waals surface area contributed by atoms with Gasteiger partial charge >= 0.3 is 12.1 Å². The molecule has 0 unspecified atom stereocenters. The Morgan fingerprint density at radius 3 is 2.40 bits per heavy atom. The SMILES string of the molecule is O=C(NC1CCCC1)[C@H]1CCN(OC(=O)C(F)(F)F)C1. The van der Waals surface area contributed by atoms with Crippen LogP contribution >= 0.6 is 0 Å². The van der Waals surface area contributed by atoms with Crippen molar-refractivity contribution in [1.82, 2.24) is 10.4 Å². The lowest BCUT2D eigenvalue weighted by Crippen LogP contribution is -2.39. The lowest BCUT2D eigenvalue weighted by Gasteiger charge is -2.17. The van der Waals surface area contributed by atoms with Gasteiger partial charge in [0.1, 0.15) is 0 Å². The van der Waals surface area contributed by atoms with Crippen molar-refractivity contribution < 1.29 is 27.6 Å². The minimum Gasteiger partial charge on any atom is -0.361 e. The third kappa shape index (κ3) is 3.84. The number of hydroxylamine groups is 2. The lowest BCUT2D eigenvalue weighted by atomic mass is 10.1. The number of hydrogen-bond acceptors (Lipinski definition) is 4. The average Bonchev–Trinajstić information content (AvgIpc) is 2.98. The molecule has 0 spiro atoms. The predicted molar refractivity (Wildman–Crippen MR) is 62.2 cm³/mol. The number of carbonyl (C=O) groups excluding carboxylic acids is 2. The van der Waals surface area contributed by atoms with Crippen LogP contribution < -0.4 is 5.32 Å². The summed E-state index contributed by atoms with van der Waals surface area (Å²) in [5.74, 6) is -2.83. The van der Waals surface area contributed by atoms with Crippen molar-refractivity contribution in [2.45, 2.75) is 44.3 Å². The van der Waals surface area contributed by atoms with E-state index in [-0.39, 0.29) is 25.0 Å². The second-order valence-corrected chi connectivity index (χ2v) is 5.24. The molecule has 20 heavy (non-hydrogen) atoms. The molecule has 0 aromatic rings. The first-order valence-electron chi connectivity index (χ1n) is 6.70. The normalized spacial score (nSPS) is 24.9. The minimum atomic E-state index is -5.01. The van der Waals surface area contributed by atoms with Gasteiger partial charge in [-0.3, -0.25) is 4.79 Å². The van der Waals surface area contributed by atoms with Gasteiger partial charge in [0.25, 0.3) is 0 Å². The van der Waals surface area contributed by atoms with Crippen LogP contribution in [0.5, 0.6) is 0 Å². The van der Waals surface area contributed by atoms with Crippen molar-refractivity contribution in [2.75, 3.05) is 13.1 Å². The Labute approximate surface area is 114 Å². The molecule has 1 atom stereocenters. The third-order valence-corrected chi connectivity index (χ3v) is 3.67. The fourth-order valence-electron chi connectivity index (χ4n) is 2.58. The number of nitrogens with one attached hydrogen (secondary N) is 1. The molecule has 2 fully saturated rings. The van der Waals surface area contributed by atoms with Gasteiger partial charge in [0, 0.05) is 19.1 Å². The van der Waals surface area contributed by atoms with E-state index in [1.807, 2.05) is 0 Å². The maximum Gasteiger partial charge on any atom is 0.492 e. The smallest absolute Gasteiger partial charge is 0.361 e. The van der Waals surface area contributed by atoms with E-state index < -0.39 is 18.1 Å². The van der Waals surface area contributed by atoms with E-state index in [2.05, 4.69) is 10.2 Å². The van der Waals surface area contributed by atoms with Gasteiger partial charge in [-0.05, 0) is 19.3 Å². The summed E-state index contributed by atoms with van der Waals surface area (Å²) < 4.78 is 36.1. The highest BCUT2D eigenvalue weighted by Crippen LogP contribution is 2.23. The highest BCUT2D eigenvalue weighted by atomic mass is 19.4. The number of hydrogen-bond donors (Lipinski definition) is 1. The van der Waals surface area contributed by atoms with Gasteiger partial charge in [0.05, 0.1) is 5.92 Å². The summed E-state index contributed by atoms with van der Waals surface area (Å²) in [5.41, 5.74) is 0. The highest BCUT2D eigenvalue weighted by Gasteiger charge is 2.44. The van der Waals surface area contributed by atoms with Gasteiger partial charge in [-0.25, -0.2) is 4.79 Å². The Bertz CT molecular complexity index is 381. The van der Waals surface area contributed by atoms with Crippen molar-refractivity contribution in [3.8, 4) is 0 Å². The molecule has 0 aromatic carbocycles. The standard InChI is InChI=1S/C12H17F3N2O3/c13-12(14,15)11(19)20-17-6-5-8(7-17)10(18)16-9-3-1-2-4-9/h8-9H,1-7H2,(H,16,18)/t8-/m0/s1. The fraction of sp³-hybridized carbons (Fsp3) is 0.833. The van der Waals surface area contributed by atoms with Crippen LogP contribution in [0.1, 0.15) is 32.1 Å². The summed E-state index contributed by atoms with van der Waals surface area (Å²) in [6.45, 7) is 0.158. The largest absolute Gasteiger partial charge is 0.492 e. The Balaban J connectivity index is 1.76. The Kier molecular flexibility index (Phi) is 4.52. The van der Waals surface area contributed by atoms with Crippen molar-refractivity contribution >= 4 is 11.9 Å². The van der Waals surface area contributed by atoms with Crippen LogP contribution in [0.2, 0.25) is 0 Å². The minimum absolute atomic E-state index is 0.0143. The summed E-state index contributed by atoms with van der Waals surface area (Å²) in [7, 11) is 0. The van der Waals surface area contributed by atoms with Crippen LogP contribution in [0, 0.1) is 5.92 Å². The number of halogens is 3. The molecule has 1 saturated heterocycles.